The first-order valence-electron chi connectivity index (χ1n) is 6.18. The summed E-state index contributed by atoms with van der Waals surface area (Å²) in [7, 11) is 0. The molecule has 0 aliphatic carbocycles. The van der Waals surface area contributed by atoms with E-state index in [1.165, 1.54) is 0 Å². The highest BCUT2D eigenvalue weighted by Gasteiger charge is 2.22. The van der Waals surface area contributed by atoms with E-state index in [0.717, 1.165) is 6.29 Å². The summed E-state index contributed by atoms with van der Waals surface area (Å²) in [4.78, 5) is 22.5. The molecule has 1 rings (SSSR count). The third kappa shape index (κ3) is 4.32. The minimum atomic E-state index is -0.0135. The maximum Gasteiger partial charge on any atom is 0.224 e. The number of hydrogen-bond acceptors (Lipinski definition) is 2. The summed E-state index contributed by atoms with van der Waals surface area (Å²) in [6.45, 7) is 8.44. The second-order valence-corrected chi connectivity index (χ2v) is 5.76. The highest BCUT2D eigenvalue weighted by atomic mass is 16.1. The zero-order chi connectivity index (χ0) is 13.8. The van der Waals surface area contributed by atoms with Gasteiger partial charge in [-0.15, -0.1) is 0 Å². The number of benzene rings is 1. The van der Waals surface area contributed by atoms with Crippen molar-refractivity contribution >= 4 is 17.9 Å². The molecule has 1 N–H and O–H groups in total. The van der Waals surface area contributed by atoms with Crippen molar-refractivity contribution in [3.63, 3.8) is 0 Å². The molecule has 0 heterocycles. The monoisotopic (exact) mass is 247 g/mol. The molecule has 0 saturated heterocycles. The van der Waals surface area contributed by atoms with E-state index in [1.54, 1.807) is 24.3 Å². The number of nitrogens with one attached hydrogen (secondary N) is 1. The highest BCUT2D eigenvalue weighted by Crippen LogP contribution is 2.28. The largest absolute Gasteiger partial charge is 0.326 e. The van der Waals surface area contributed by atoms with E-state index in [0.29, 0.717) is 23.6 Å². The van der Waals surface area contributed by atoms with Crippen LogP contribution >= 0.6 is 0 Å². The summed E-state index contributed by atoms with van der Waals surface area (Å²) in [5.41, 5.74) is 1.35. The van der Waals surface area contributed by atoms with E-state index < -0.39 is 0 Å². The maximum absolute atomic E-state index is 11.9. The summed E-state index contributed by atoms with van der Waals surface area (Å²) >= 11 is 0. The van der Waals surface area contributed by atoms with Crippen molar-refractivity contribution in [3.8, 4) is 0 Å². The molecule has 0 radical (unpaired) electrons. The molecule has 0 spiro atoms. The molecule has 0 bridgehead atoms. The standard InChI is InChI=1S/C15H21NO2/c1-11(15(2,3)4)8-14(18)16-13-7-5-6-12(9-13)10-17/h5-7,9-11H,8H2,1-4H3,(H,16,18). The van der Waals surface area contributed by atoms with Crippen molar-refractivity contribution in [3.05, 3.63) is 29.8 Å². The smallest absolute Gasteiger partial charge is 0.224 e. The van der Waals surface area contributed by atoms with Gasteiger partial charge < -0.3 is 5.32 Å². The number of rotatable bonds is 4. The van der Waals surface area contributed by atoms with E-state index in [1.807, 2.05) is 0 Å². The lowest BCUT2D eigenvalue weighted by Gasteiger charge is -2.26. The Balaban J connectivity index is 2.62. The van der Waals surface area contributed by atoms with Crippen molar-refractivity contribution in [1.29, 1.82) is 0 Å². The fraction of sp³-hybridized carbons (Fsp3) is 0.467. The first kappa shape index (κ1) is 14.4. The van der Waals surface area contributed by atoms with E-state index in [-0.39, 0.29) is 11.3 Å². The first-order chi connectivity index (χ1) is 8.32. The molecule has 0 fully saturated rings. The summed E-state index contributed by atoms with van der Waals surface area (Å²) < 4.78 is 0. The molecule has 98 valence electrons. The molecule has 1 aromatic rings. The zero-order valence-corrected chi connectivity index (χ0v) is 11.5. The minimum absolute atomic E-state index is 0.0135. The van der Waals surface area contributed by atoms with Crippen LogP contribution in [-0.2, 0) is 4.79 Å². The number of carbonyl (C=O) groups excluding carboxylic acids is 2. The van der Waals surface area contributed by atoms with Crippen LogP contribution in [0.5, 0.6) is 0 Å². The number of amides is 1. The van der Waals surface area contributed by atoms with Gasteiger partial charge in [-0.3, -0.25) is 9.59 Å². The van der Waals surface area contributed by atoms with Crippen molar-refractivity contribution in [2.75, 3.05) is 5.32 Å². The quantitative estimate of drug-likeness (QED) is 0.827. The summed E-state index contributed by atoms with van der Waals surface area (Å²) in [5, 5.41) is 2.82. The van der Waals surface area contributed by atoms with Crippen LogP contribution in [0.25, 0.3) is 0 Å². The molecule has 0 aliphatic rings. The van der Waals surface area contributed by atoms with E-state index in [9.17, 15) is 9.59 Å². The number of anilines is 1. The predicted molar refractivity (Wildman–Crippen MR) is 73.7 cm³/mol. The van der Waals surface area contributed by atoms with Crippen LogP contribution in [0.15, 0.2) is 24.3 Å². The number of carbonyl (C=O) groups is 2. The number of aldehydes is 1. The van der Waals surface area contributed by atoms with Gasteiger partial charge in [0.2, 0.25) is 5.91 Å². The second-order valence-electron chi connectivity index (χ2n) is 5.76. The molecular weight excluding hydrogens is 226 g/mol. The molecule has 1 amide bonds. The van der Waals surface area contributed by atoms with Crippen LogP contribution in [0.3, 0.4) is 0 Å². The fourth-order valence-electron chi connectivity index (χ4n) is 1.49. The van der Waals surface area contributed by atoms with Crippen molar-refractivity contribution in [1.82, 2.24) is 0 Å². The molecule has 1 unspecified atom stereocenters. The summed E-state index contributed by atoms with van der Waals surface area (Å²) in [5.74, 6) is 0.284. The van der Waals surface area contributed by atoms with Crippen LogP contribution in [0.2, 0.25) is 0 Å². The van der Waals surface area contributed by atoms with Gasteiger partial charge >= 0.3 is 0 Å². The summed E-state index contributed by atoms with van der Waals surface area (Å²) in [6, 6.07) is 6.92. The third-order valence-electron chi connectivity index (χ3n) is 3.28. The Hall–Kier alpha value is -1.64. The maximum atomic E-state index is 11.9. The Labute approximate surface area is 109 Å². The molecular formula is C15H21NO2. The fourth-order valence-corrected chi connectivity index (χ4v) is 1.49. The normalized spacial score (nSPS) is 12.9. The Morgan fingerprint density at radius 1 is 1.39 bits per heavy atom. The zero-order valence-electron chi connectivity index (χ0n) is 11.5. The lowest BCUT2D eigenvalue weighted by Crippen LogP contribution is -2.23. The molecule has 3 nitrogen and oxygen atoms in total. The van der Waals surface area contributed by atoms with Crippen LogP contribution in [-0.4, -0.2) is 12.2 Å². The topological polar surface area (TPSA) is 46.2 Å². The van der Waals surface area contributed by atoms with Gasteiger partial charge in [-0.2, -0.15) is 0 Å². The van der Waals surface area contributed by atoms with Gasteiger partial charge in [0.15, 0.2) is 0 Å². The SMILES string of the molecule is CC(CC(=O)Nc1cccc(C=O)c1)C(C)(C)C. The molecule has 0 saturated carbocycles. The number of hydrogen-bond donors (Lipinski definition) is 1. The Bertz CT molecular complexity index is 432. The van der Waals surface area contributed by atoms with E-state index in [2.05, 4.69) is 33.0 Å². The molecule has 0 aromatic heterocycles. The Kier molecular flexibility index (Phi) is 4.65. The molecule has 1 atom stereocenters. The van der Waals surface area contributed by atoms with Gasteiger partial charge in [0.1, 0.15) is 6.29 Å². The highest BCUT2D eigenvalue weighted by molar-refractivity contribution is 5.91. The van der Waals surface area contributed by atoms with Gasteiger partial charge in [-0.1, -0.05) is 39.8 Å². The van der Waals surface area contributed by atoms with Crippen molar-refractivity contribution < 1.29 is 9.59 Å². The van der Waals surface area contributed by atoms with Gasteiger partial charge in [-0.05, 0) is 23.5 Å². The molecule has 0 aliphatic heterocycles. The first-order valence-corrected chi connectivity index (χ1v) is 6.18. The van der Waals surface area contributed by atoms with Crippen LogP contribution in [0.1, 0.15) is 44.5 Å². The van der Waals surface area contributed by atoms with Crippen LogP contribution in [0, 0.1) is 11.3 Å². The lowest BCUT2D eigenvalue weighted by atomic mass is 9.80. The Morgan fingerprint density at radius 2 is 2.06 bits per heavy atom. The second kappa shape index (κ2) is 5.80. The third-order valence-corrected chi connectivity index (χ3v) is 3.28. The minimum Gasteiger partial charge on any atom is -0.326 e. The van der Waals surface area contributed by atoms with Gasteiger partial charge in [-0.25, -0.2) is 0 Å². The predicted octanol–water partition coefficient (Wildman–Crippen LogP) is 3.51. The van der Waals surface area contributed by atoms with Crippen molar-refractivity contribution in [2.45, 2.75) is 34.1 Å². The molecule has 18 heavy (non-hydrogen) atoms. The van der Waals surface area contributed by atoms with Crippen LogP contribution < -0.4 is 5.32 Å². The lowest BCUT2D eigenvalue weighted by molar-refractivity contribution is -0.117. The summed E-state index contributed by atoms with van der Waals surface area (Å²) in [6.07, 6.45) is 1.25. The molecule has 3 heteroatoms. The van der Waals surface area contributed by atoms with Crippen LogP contribution in [0.4, 0.5) is 5.69 Å². The average molecular weight is 247 g/mol. The van der Waals surface area contributed by atoms with E-state index >= 15 is 0 Å². The Morgan fingerprint density at radius 3 is 2.61 bits per heavy atom. The average Bonchev–Trinajstić information content (AvgIpc) is 2.27. The molecule has 1 aromatic carbocycles. The van der Waals surface area contributed by atoms with Crippen molar-refractivity contribution in [2.24, 2.45) is 11.3 Å². The van der Waals surface area contributed by atoms with E-state index in [4.69, 9.17) is 0 Å². The van der Waals surface area contributed by atoms with Gasteiger partial charge in [0.25, 0.3) is 0 Å². The van der Waals surface area contributed by atoms with Gasteiger partial charge in [0.05, 0.1) is 0 Å². The van der Waals surface area contributed by atoms with Gasteiger partial charge in [0, 0.05) is 17.7 Å².